The Labute approximate surface area is 118 Å². The van der Waals surface area contributed by atoms with Gasteiger partial charge < -0.3 is 15.2 Å². The average molecular weight is 279 g/mol. The van der Waals surface area contributed by atoms with Crippen LogP contribution in [0.3, 0.4) is 0 Å². The van der Waals surface area contributed by atoms with Gasteiger partial charge in [0, 0.05) is 32.0 Å². The van der Waals surface area contributed by atoms with E-state index in [2.05, 4.69) is 5.32 Å². The molecular weight excluding hydrogens is 258 g/mol. The van der Waals surface area contributed by atoms with Crippen molar-refractivity contribution in [2.75, 3.05) is 13.2 Å². The summed E-state index contributed by atoms with van der Waals surface area (Å²) < 4.78 is 5.24. The van der Waals surface area contributed by atoms with Gasteiger partial charge in [-0.25, -0.2) is 4.79 Å². The van der Waals surface area contributed by atoms with Gasteiger partial charge in [-0.15, -0.1) is 0 Å². The molecule has 5 atom stereocenters. The van der Waals surface area contributed by atoms with Gasteiger partial charge in [0.15, 0.2) is 0 Å². The van der Waals surface area contributed by atoms with Crippen LogP contribution >= 0.6 is 0 Å². The van der Waals surface area contributed by atoms with Crippen LogP contribution in [0, 0.1) is 29.6 Å². The zero-order valence-electron chi connectivity index (χ0n) is 11.5. The summed E-state index contributed by atoms with van der Waals surface area (Å²) in [5.41, 5.74) is -1.09. The molecule has 0 aromatic heterocycles. The van der Waals surface area contributed by atoms with Crippen molar-refractivity contribution in [1.29, 1.82) is 0 Å². The van der Waals surface area contributed by atoms with Gasteiger partial charge in [-0.3, -0.25) is 4.79 Å². The first-order valence-electron chi connectivity index (χ1n) is 7.75. The van der Waals surface area contributed by atoms with Crippen LogP contribution < -0.4 is 5.32 Å². The maximum atomic E-state index is 12.5. The Bertz CT molecular complexity index is 441. The zero-order chi connectivity index (χ0) is 13.9. The lowest BCUT2D eigenvalue weighted by Gasteiger charge is -2.34. The highest BCUT2D eigenvalue weighted by Crippen LogP contribution is 2.69. The number of amides is 1. The van der Waals surface area contributed by atoms with E-state index in [1.165, 1.54) is 19.3 Å². The van der Waals surface area contributed by atoms with Gasteiger partial charge in [0.1, 0.15) is 5.54 Å². The van der Waals surface area contributed by atoms with Crippen LogP contribution in [0.25, 0.3) is 0 Å². The summed E-state index contributed by atoms with van der Waals surface area (Å²) in [6, 6.07) is 0. The van der Waals surface area contributed by atoms with E-state index in [1.54, 1.807) is 0 Å². The number of carboxylic acid groups (broad SMARTS) is 1. The number of aliphatic carboxylic acids is 1. The predicted molar refractivity (Wildman–Crippen MR) is 69.9 cm³/mol. The maximum absolute atomic E-state index is 12.5. The smallest absolute Gasteiger partial charge is 0.329 e. The Hall–Kier alpha value is -1.10. The summed E-state index contributed by atoms with van der Waals surface area (Å²) in [6.45, 7) is 0.824. The number of hydrogen-bond acceptors (Lipinski definition) is 3. The molecule has 5 nitrogen and oxygen atoms in total. The predicted octanol–water partition coefficient (Wildman–Crippen LogP) is 1.03. The van der Waals surface area contributed by atoms with E-state index in [1.807, 2.05) is 0 Å². The van der Waals surface area contributed by atoms with Crippen molar-refractivity contribution in [2.45, 2.75) is 37.6 Å². The number of fused-ring (bicyclic) bond motifs is 5. The summed E-state index contributed by atoms with van der Waals surface area (Å²) in [5, 5.41) is 12.4. The van der Waals surface area contributed by atoms with Crippen molar-refractivity contribution in [3.05, 3.63) is 0 Å². The van der Waals surface area contributed by atoms with Crippen molar-refractivity contribution in [1.82, 2.24) is 5.32 Å². The monoisotopic (exact) mass is 279 g/mol. The second-order valence-electron chi connectivity index (χ2n) is 7.00. The SMILES string of the molecule is O=C(NC1(C(=O)O)CCOCC1)C1[C@@H]2[C@H]3CC[C@H](C3)[C@H]12. The molecule has 1 saturated heterocycles. The third-order valence-electron chi connectivity index (χ3n) is 6.16. The van der Waals surface area contributed by atoms with Crippen molar-refractivity contribution < 1.29 is 19.4 Å². The number of carbonyl (C=O) groups is 2. The van der Waals surface area contributed by atoms with Gasteiger partial charge in [-0.1, -0.05) is 0 Å². The molecule has 2 bridgehead atoms. The van der Waals surface area contributed by atoms with E-state index < -0.39 is 11.5 Å². The molecule has 4 rings (SSSR count). The normalized spacial score (nSPS) is 43.9. The van der Waals surface area contributed by atoms with Gasteiger partial charge in [-0.2, -0.15) is 0 Å². The summed E-state index contributed by atoms with van der Waals surface area (Å²) in [6.07, 6.45) is 4.60. The molecule has 1 amide bonds. The lowest BCUT2D eigenvalue weighted by molar-refractivity contribution is -0.152. The Morgan fingerprint density at radius 3 is 2.25 bits per heavy atom. The zero-order valence-corrected chi connectivity index (χ0v) is 11.5. The second kappa shape index (κ2) is 4.20. The van der Waals surface area contributed by atoms with Gasteiger partial charge in [0.05, 0.1) is 0 Å². The Morgan fingerprint density at radius 2 is 1.70 bits per heavy atom. The maximum Gasteiger partial charge on any atom is 0.329 e. The molecule has 4 aliphatic rings. The largest absolute Gasteiger partial charge is 0.480 e. The average Bonchev–Trinajstić information content (AvgIpc) is 2.89. The number of carboxylic acids is 1. The van der Waals surface area contributed by atoms with E-state index in [-0.39, 0.29) is 11.8 Å². The van der Waals surface area contributed by atoms with E-state index in [4.69, 9.17) is 4.74 Å². The van der Waals surface area contributed by atoms with Gasteiger partial charge >= 0.3 is 5.97 Å². The van der Waals surface area contributed by atoms with Crippen LogP contribution in [0.15, 0.2) is 0 Å². The molecule has 1 aliphatic heterocycles. The first kappa shape index (κ1) is 12.6. The highest BCUT2D eigenvalue weighted by molar-refractivity contribution is 5.90. The minimum atomic E-state index is -1.09. The molecule has 0 spiro atoms. The van der Waals surface area contributed by atoms with Gasteiger partial charge in [-0.05, 0) is 42.9 Å². The summed E-state index contributed by atoms with van der Waals surface area (Å²) in [5.74, 6) is 1.75. The topological polar surface area (TPSA) is 75.6 Å². The molecule has 4 fully saturated rings. The number of carbonyl (C=O) groups excluding carboxylic acids is 1. The molecule has 3 aliphatic carbocycles. The third kappa shape index (κ3) is 1.65. The van der Waals surface area contributed by atoms with E-state index in [0.717, 1.165) is 11.8 Å². The molecular formula is C15H21NO4. The summed E-state index contributed by atoms with van der Waals surface area (Å²) in [7, 11) is 0. The molecule has 2 N–H and O–H groups in total. The second-order valence-corrected chi connectivity index (χ2v) is 7.00. The van der Waals surface area contributed by atoms with Crippen molar-refractivity contribution in [3.63, 3.8) is 0 Å². The van der Waals surface area contributed by atoms with Crippen LogP contribution in [0.5, 0.6) is 0 Å². The van der Waals surface area contributed by atoms with Crippen molar-refractivity contribution >= 4 is 11.9 Å². The Kier molecular flexibility index (Phi) is 2.65. The summed E-state index contributed by atoms with van der Waals surface area (Å²) >= 11 is 0. The van der Waals surface area contributed by atoms with Crippen LogP contribution in [0.4, 0.5) is 0 Å². The van der Waals surface area contributed by atoms with Crippen LogP contribution in [0.1, 0.15) is 32.1 Å². The molecule has 0 aromatic carbocycles. The van der Waals surface area contributed by atoms with E-state index in [0.29, 0.717) is 37.9 Å². The first-order valence-corrected chi connectivity index (χ1v) is 7.75. The highest BCUT2D eigenvalue weighted by Gasteiger charge is 2.68. The molecule has 0 aromatic rings. The van der Waals surface area contributed by atoms with E-state index in [9.17, 15) is 14.7 Å². The summed E-state index contributed by atoms with van der Waals surface area (Å²) in [4.78, 5) is 24.1. The number of nitrogens with one attached hydrogen (secondary N) is 1. The molecule has 5 heteroatoms. The fourth-order valence-electron chi connectivity index (χ4n) is 5.11. The van der Waals surface area contributed by atoms with Crippen molar-refractivity contribution in [3.8, 4) is 0 Å². The minimum absolute atomic E-state index is 0.0131. The third-order valence-corrected chi connectivity index (χ3v) is 6.16. The Morgan fingerprint density at radius 1 is 1.10 bits per heavy atom. The Balaban J connectivity index is 1.46. The van der Waals surface area contributed by atoms with Gasteiger partial charge in [0.2, 0.25) is 5.91 Å². The van der Waals surface area contributed by atoms with Crippen LogP contribution in [0.2, 0.25) is 0 Å². The van der Waals surface area contributed by atoms with Gasteiger partial charge in [0.25, 0.3) is 0 Å². The molecule has 110 valence electrons. The lowest BCUT2D eigenvalue weighted by Crippen LogP contribution is -2.58. The van der Waals surface area contributed by atoms with E-state index >= 15 is 0 Å². The van der Waals surface area contributed by atoms with Crippen LogP contribution in [-0.4, -0.2) is 35.7 Å². The molecule has 0 radical (unpaired) electrons. The van der Waals surface area contributed by atoms with Crippen molar-refractivity contribution in [2.24, 2.45) is 29.6 Å². The fourth-order valence-corrected chi connectivity index (χ4v) is 5.11. The quantitative estimate of drug-likeness (QED) is 0.809. The molecule has 1 heterocycles. The fraction of sp³-hybridized carbons (Fsp3) is 0.867. The lowest BCUT2D eigenvalue weighted by atomic mass is 9.89. The number of hydrogen-bond donors (Lipinski definition) is 2. The molecule has 3 saturated carbocycles. The van der Waals surface area contributed by atoms with Crippen LogP contribution in [-0.2, 0) is 14.3 Å². The molecule has 20 heavy (non-hydrogen) atoms. The highest BCUT2D eigenvalue weighted by atomic mass is 16.5. The minimum Gasteiger partial charge on any atom is -0.480 e. The number of ether oxygens (including phenoxy) is 1. The molecule has 1 unspecified atom stereocenters. The first-order chi connectivity index (χ1) is 9.62. The number of rotatable bonds is 3. The standard InChI is InChI=1S/C15H21NO4/c17-13(12-10-8-1-2-9(7-8)11(10)12)16-15(14(18)19)3-5-20-6-4-15/h8-12H,1-7H2,(H,16,17)(H,18,19)/t8-,9+,10+,11-,12?.